The van der Waals surface area contributed by atoms with Gasteiger partial charge < -0.3 is 14.8 Å². The maximum atomic E-state index is 11.9. The molecule has 0 saturated carbocycles. The van der Waals surface area contributed by atoms with E-state index in [4.69, 9.17) is 4.74 Å². The van der Waals surface area contributed by atoms with Gasteiger partial charge in [-0.15, -0.1) is 0 Å². The van der Waals surface area contributed by atoms with Gasteiger partial charge in [-0.25, -0.2) is 4.79 Å². The molecule has 8 heteroatoms. The molecule has 1 amide bonds. The molecule has 0 aliphatic carbocycles. The Morgan fingerprint density at radius 2 is 2.00 bits per heavy atom. The van der Waals surface area contributed by atoms with E-state index < -0.39 is 31.2 Å². The second-order valence-electron chi connectivity index (χ2n) is 4.10. The lowest BCUT2D eigenvalue weighted by Crippen LogP contribution is -2.36. The number of esters is 1. The van der Waals surface area contributed by atoms with Crippen LogP contribution in [-0.2, 0) is 20.9 Å². The summed E-state index contributed by atoms with van der Waals surface area (Å²) < 4.78 is 45.1. The quantitative estimate of drug-likeness (QED) is 0.812. The molecule has 21 heavy (non-hydrogen) atoms. The van der Waals surface area contributed by atoms with E-state index in [9.17, 15) is 22.8 Å². The summed E-state index contributed by atoms with van der Waals surface area (Å²) in [5.74, 6) is -1.82. The van der Waals surface area contributed by atoms with Gasteiger partial charge in [-0.1, -0.05) is 12.1 Å². The minimum atomic E-state index is -4.51. The summed E-state index contributed by atoms with van der Waals surface area (Å²) in [4.78, 5) is 22.7. The highest BCUT2D eigenvalue weighted by atomic mass is 19.4. The topological polar surface area (TPSA) is 64.6 Å². The maximum absolute atomic E-state index is 11.9. The zero-order valence-electron chi connectivity index (χ0n) is 11.2. The molecule has 0 radical (unpaired) electrons. The average molecular weight is 305 g/mol. The highest BCUT2D eigenvalue weighted by molar-refractivity contribution is 5.91. The first kappa shape index (κ1) is 17.0. The number of nitrogens with one attached hydrogen (secondary N) is 1. The molecule has 0 bridgehead atoms. The van der Waals surface area contributed by atoms with Crippen LogP contribution in [0.4, 0.5) is 13.2 Å². The van der Waals surface area contributed by atoms with Crippen molar-refractivity contribution in [1.29, 1.82) is 0 Å². The van der Waals surface area contributed by atoms with E-state index in [1.807, 2.05) is 0 Å². The molecule has 0 aliphatic rings. The highest BCUT2D eigenvalue weighted by Crippen LogP contribution is 2.12. The van der Waals surface area contributed by atoms with Crippen molar-refractivity contribution in [2.45, 2.75) is 12.8 Å². The Kier molecular flexibility index (Phi) is 6.16. The predicted molar refractivity (Wildman–Crippen MR) is 66.5 cm³/mol. The molecule has 0 heterocycles. The minimum absolute atomic E-state index is 0.188. The minimum Gasteiger partial charge on any atom is -0.452 e. The Morgan fingerprint density at radius 1 is 1.29 bits per heavy atom. The zero-order chi connectivity index (χ0) is 15.9. The van der Waals surface area contributed by atoms with E-state index in [1.54, 1.807) is 17.4 Å². The molecule has 1 aromatic rings. The molecule has 0 fully saturated rings. The van der Waals surface area contributed by atoms with Gasteiger partial charge in [0, 0.05) is 7.11 Å². The van der Waals surface area contributed by atoms with Crippen LogP contribution < -0.4 is 5.32 Å². The smallest absolute Gasteiger partial charge is 0.405 e. The summed E-state index contributed by atoms with van der Waals surface area (Å²) in [7, 11) is 1.50. The molecular formula is C13H14F3NO4. The number of hydrogen-bond donors (Lipinski definition) is 1. The van der Waals surface area contributed by atoms with Crippen molar-refractivity contribution in [2.24, 2.45) is 0 Å². The molecule has 0 unspecified atom stereocenters. The molecule has 0 atom stereocenters. The van der Waals surface area contributed by atoms with Crippen molar-refractivity contribution in [3.8, 4) is 0 Å². The van der Waals surface area contributed by atoms with E-state index in [2.05, 4.69) is 4.74 Å². The van der Waals surface area contributed by atoms with Crippen molar-refractivity contribution < 1.29 is 32.2 Å². The molecule has 1 rings (SSSR count). The number of ether oxygens (including phenoxy) is 2. The van der Waals surface area contributed by atoms with E-state index in [0.29, 0.717) is 6.61 Å². The van der Waals surface area contributed by atoms with Gasteiger partial charge in [0.05, 0.1) is 12.2 Å². The zero-order valence-corrected chi connectivity index (χ0v) is 11.2. The van der Waals surface area contributed by atoms with Gasteiger partial charge in [0.2, 0.25) is 0 Å². The number of carbonyl (C=O) groups is 2. The maximum Gasteiger partial charge on any atom is 0.405 e. The lowest BCUT2D eigenvalue weighted by Gasteiger charge is -2.09. The largest absolute Gasteiger partial charge is 0.452 e. The number of methoxy groups -OCH3 is 1. The second kappa shape index (κ2) is 7.63. The Morgan fingerprint density at radius 3 is 2.62 bits per heavy atom. The molecule has 0 aromatic heterocycles. The van der Waals surface area contributed by atoms with Crippen LogP contribution in [0.15, 0.2) is 24.3 Å². The number of amides is 1. The third-order valence-electron chi connectivity index (χ3n) is 2.29. The van der Waals surface area contributed by atoms with Crippen LogP contribution in [0.5, 0.6) is 0 Å². The van der Waals surface area contributed by atoms with Gasteiger partial charge in [-0.2, -0.15) is 13.2 Å². The van der Waals surface area contributed by atoms with Crippen LogP contribution in [0, 0.1) is 0 Å². The Balaban J connectivity index is 2.46. The van der Waals surface area contributed by atoms with Gasteiger partial charge in [-0.3, -0.25) is 4.79 Å². The van der Waals surface area contributed by atoms with Crippen molar-refractivity contribution in [3.05, 3.63) is 35.4 Å². The highest BCUT2D eigenvalue weighted by Gasteiger charge is 2.27. The number of halogens is 3. The van der Waals surface area contributed by atoms with Crippen molar-refractivity contribution in [1.82, 2.24) is 5.32 Å². The number of hydrogen-bond acceptors (Lipinski definition) is 4. The Labute approximate surface area is 119 Å². The van der Waals surface area contributed by atoms with E-state index in [0.717, 1.165) is 5.56 Å². The van der Waals surface area contributed by atoms with Crippen LogP contribution in [0.3, 0.4) is 0 Å². The van der Waals surface area contributed by atoms with Crippen LogP contribution in [0.2, 0.25) is 0 Å². The predicted octanol–water partition coefficient (Wildman–Crippen LogP) is 1.67. The number of benzene rings is 1. The number of alkyl halides is 3. The summed E-state index contributed by atoms with van der Waals surface area (Å²) in [6.07, 6.45) is -4.51. The SMILES string of the molecule is COCc1cccc(C(=O)OCC(=O)NCC(F)(F)F)c1. The molecule has 116 valence electrons. The molecule has 0 aliphatic heterocycles. The normalized spacial score (nSPS) is 11.0. The first-order valence-corrected chi connectivity index (χ1v) is 5.90. The Bertz CT molecular complexity index is 502. The van der Waals surface area contributed by atoms with Gasteiger partial charge in [0.25, 0.3) is 5.91 Å². The fourth-order valence-electron chi connectivity index (χ4n) is 1.42. The lowest BCUT2D eigenvalue weighted by atomic mass is 10.1. The average Bonchev–Trinajstić information content (AvgIpc) is 2.42. The van der Waals surface area contributed by atoms with Gasteiger partial charge in [-0.05, 0) is 17.7 Å². The van der Waals surface area contributed by atoms with Crippen LogP contribution in [0.25, 0.3) is 0 Å². The molecule has 0 spiro atoms. The summed E-state index contributed by atoms with van der Waals surface area (Å²) in [5.41, 5.74) is 0.918. The van der Waals surface area contributed by atoms with Crippen molar-refractivity contribution in [2.75, 3.05) is 20.3 Å². The molecular weight excluding hydrogens is 291 g/mol. The summed E-state index contributed by atoms with van der Waals surface area (Å²) in [6, 6.07) is 6.32. The number of carbonyl (C=O) groups excluding carboxylic acids is 2. The molecule has 5 nitrogen and oxygen atoms in total. The first-order chi connectivity index (χ1) is 9.81. The van der Waals surface area contributed by atoms with Crippen LogP contribution >= 0.6 is 0 Å². The first-order valence-electron chi connectivity index (χ1n) is 5.90. The Hall–Kier alpha value is -2.09. The summed E-state index contributed by atoms with van der Waals surface area (Å²) in [6.45, 7) is -1.94. The summed E-state index contributed by atoms with van der Waals surface area (Å²) >= 11 is 0. The van der Waals surface area contributed by atoms with Crippen LogP contribution in [-0.4, -0.2) is 38.3 Å². The van der Waals surface area contributed by atoms with Gasteiger partial charge in [0.1, 0.15) is 6.54 Å². The fraction of sp³-hybridized carbons (Fsp3) is 0.385. The monoisotopic (exact) mass is 305 g/mol. The van der Waals surface area contributed by atoms with Gasteiger partial charge in [0.15, 0.2) is 6.61 Å². The number of rotatable bonds is 6. The van der Waals surface area contributed by atoms with Crippen molar-refractivity contribution in [3.63, 3.8) is 0 Å². The lowest BCUT2D eigenvalue weighted by molar-refractivity contribution is -0.140. The fourth-order valence-corrected chi connectivity index (χ4v) is 1.42. The molecule has 0 saturated heterocycles. The second-order valence-corrected chi connectivity index (χ2v) is 4.10. The standard InChI is InChI=1S/C13H14F3NO4/c1-20-6-9-3-2-4-10(5-9)12(19)21-7-11(18)17-8-13(14,15)16/h2-5H,6-8H2,1H3,(H,17,18). The van der Waals surface area contributed by atoms with Gasteiger partial charge >= 0.3 is 12.1 Å². The van der Waals surface area contributed by atoms with Crippen LogP contribution in [0.1, 0.15) is 15.9 Å². The summed E-state index contributed by atoms with van der Waals surface area (Å²) in [5, 5.41) is 1.60. The van der Waals surface area contributed by atoms with E-state index in [1.165, 1.54) is 19.2 Å². The molecule has 1 aromatic carbocycles. The third kappa shape index (κ3) is 6.75. The van der Waals surface area contributed by atoms with E-state index >= 15 is 0 Å². The third-order valence-corrected chi connectivity index (χ3v) is 2.29. The molecule has 1 N–H and O–H groups in total. The van der Waals surface area contributed by atoms with Crippen molar-refractivity contribution >= 4 is 11.9 Å². The van der Waals surface area contributed by atoms with E-state index in [-0.39, 0.29) is 5.56 Å².